The fourth-order valence-electron chi connectivity index (χ4n) is 1.46. The second-order valence-electron chi connectivity index (χ2n) is 4.02. The Hall–Kier alpha value is -2.11. The predicted molar refractivity (Wildman–Crippen MR) is 69.9 cm³/mol. The minimum absolute atomic E-state index is 0.0867. The van der Waals surface area contributed by atoms with E-state index in [4.69, 9.17) is 0 Å². The summed E-state index contributed by atoms with van der Waals surface area (Å²) in [5, 5.41) is 16.5. The summed E-state index contributed by atoms with van der Waals surface area (Å²) in [4.78, 5) is 21.9. The number of nitrogens with one attached hydrogen (secondary N) is 2. The molecule has 0 spiro atoms. The van der Waals surface area contributed by atoms with Gasteiger partial charge in [0.05, 0.1) is 4.92 Å². The van der Waals surface area contributed by atoms with E-state index in [0.717, 1.165) is 6.42 Å². The minimum atomic E-state index is -0.489. The van der Waals surface area contributed by atoms with E-state index in [1.165, 1.54) is 13.1 Å². The lowest BCUT2D eigenvalue weighted by Gasteiger charge is -2.13. The van der Waals surface area contributed by atoms with Crippen molar-refractivity contribution >= 4 is 17.3 Å². The van der Waals surface area contributed by atoms with E-state index in [2.05, 4.69) is 10.6 Å². The zero-order valence-corrected chi connectivity index (χ0v) is 10.7. The molecule has 0 radical (unpaired) electrons. The summed E-state index contributed by atoms with van der Waals surface area (Å²) >= 11 is 0. The highest BCUT2D eigenvalue weighted by Crippen LogP contribution is 2.26. The fraction of sp³-hybridized carbons (Fsp3) is 0.417. The van der Waals surface area contributed by atoms with Gasteiger partial charge in [-0.1, -0.05) is 6.92 Å². The molecule has 0 aliphatic rings. The SMILES string of the molecule is CCC(C)Nc1ccc(C(=O)NC)cc1[N+](=O)[O-]. The van der Waals surface area contributed by atoms with Crippen molar-refractivity contribution in [2.24, 2.45) is 0 Å². The van der Waals surface area contributed by atoms with Crippen LogP contribution >= 0.6 is 0 Å². The van der Waals surface area contributed by atoms with Gasteiger partial charge in [-0.3, -0.25) is 14.9 Å². The van der Waals surface area contributed by atoms with Gasteiger partial charge in [0, 0.05) is 24.7 Å². The topological polar surface area (TPSA) is 84.3 Å². The summed E-state index contributed by atoms with van der Waals surface area (Å²) in [6.07, 6.45) is 0.856. The molecule has 1 amide bonds. The zero-order valence-electron chi connectivity index (χ0n) is 10.7. The van der Waals surface area contributed by atoms with Gasteiger partial charge in [0.15, 0.2) is 0 Å². The number of nitro benzene ring substituents is 1. The number of hydrogen-bond donors (Lipinski definition) is 2. The van der Waals surface area contributed by atoms with Gasteiger partial charge in [-0.05, 0) is 25.5 Å². The van der Waals surface area contributed by atoms with Gasteiger partial charge in [0.1, 0.15) is 5.69 Å². The predicted octanol–water partition coefficient (Wildman–Crippen LogP) is 2.16. The lowest BCUT2D eigenvalue weighted by molar-refractivity contribution is -0.384. The van der Waals surface area contributed by atoms with Crippen molar-refractivity contribution in [1.29, 1.82) is 0 Å². The molecule has 1 aromatic rings. The smallest absolute Gasteiger partial charge is 0.293 e. The summed E-state index contributed by atoms with van der Waals surface area (Å²) in [5.41, 5.74) is 0.623. The van der Waals surface area contributed by atoms with E-state index in [-0.39, 0.29) is 23.2 Å². The summed E-state index contributed by atoms with van der Waals surface area (Å²) in [7, 11) is 1.49. The number of carbonyl (C=O) groups excluding carboxylic acids is 1. The van der Waals surface area contributed by atoms with Gasteiger partial charge in [0.25, 0.3) is 11.6 Å². The van der Waals surface area contributed by atoms with E-state index in [0.29, 0.717) is 5.69 Å². The lowest BCUT2D eigenvalue weighted by Crippen LogP contribution is -2.19. The van der Waals surface area contributed by atoms with Crippen LogP contribution in [0.2, 0.25) is 0 Å². The van der Waals surface area contributed by atoms with Crippen molar-refractivity contribution in [3.63, 3.8) is 0 Å². The Labute approximate surface area is 106 Å². The molecule has 1 rings (SSSR count). The summed E-state index contributed by atoms with van der Waals surface area (Å²) in [6, 6.07) is 4.55. The third-order valence-electron chi connectivity index (χ3n) is 2.70. The third kappa shape index (κ3) is 3.19. The quantitative estimate of drug-likeness (QED) is 0.620. The number of benzene rings is 1. The van der Waals surface area contributed by atoms with Crippen LogP contribution in [0.5, 0.6) is 0 Å². The fourth-order valence-corrected chi connectivity index (χ4v) is 1.46. The van der Waals surface area contributed by atoms with E-state index in [9.17, 15) is 14.9 Å². The molecule has 0 aromatic heterocycles. The number of amides is 1. The van der Waals surface area contributed by atoms with Crippen LogP contribution in [0.4, 0.5) is 11.4 Å². The molecule has 0 aliphatic carbocycles. The molecule has 98 valence electrons. The highest BCUT2D eigenvalue weighted by Gasteiger charge is 2.17. The number of rotatable bonds is 5. The Kier molecular flexibility index (Phi) is 4.65. The van der Waals surface area contributed by atoms with Crippen LogP contribution in [-0.4, -0.2) is 23.9 Å². The molecular formula is C12H17N3O3. The molecule has 0 fully saturated rings. The molecule has 0 aliphatic heterocycles. The van der Waals surface area contributed by atoms with Crippen molar-refractivity contribution in [2.75, 3.05) is 12.4 Å². The number of anilines is 1. The maximum atomic E-state index is 11.4. The van der Waals surface area contributed by atoms with Crippen molar-refractivity contribution in [3.8, 4) is 0 Å². The van der Waals surface area contributed by atoms with E-state index in [1.807, 2.05) is 13.8 Å². The summed E-state index contributed by atoms with van der Waals surface area (Å²) in [6.45, 7) is 3.93. The molecule has 6 heteroatoms. The van der Waals surface area contributed by atoms with Gasteiger partial charge in [0.2, 0.25) is 0 Å². The first-order valence-corrected chi connectivity index (χ1v) is 5.76. The largest absolute Gasteiger partial charge is 0.377 e. The summed E-state index contributed by atoms with van der Waals surface area (Å²) < 4.78 is 0. The van der Waals surface area contributed by atoms with Crippen LogP contribution in [0, 0.1) is 10.1 Å². The van der Waals surface area contributed by atoms with Gasteiger partial charge in [-0.25, -0.2) is 0 Å². The van der Waals surface area contributed by atoms with Gasteiger partial charge in [-0.15, -0.1) is 0 Å². The molecule has 6 nitrogen and oxygen atoms in total. The maximum Gasteiger partial charge on any atom is 0.293 e. The number of hydrogen-bond acceptors (Lipinski definition) is 4. The molecular weight excluding hydrogens is 234 g/mol. The molecule has 1 unspecified atom stereocenters. The number of carbonyl (C=O) groups is 1. The summed E-state index contributed by atoms with van der Waals surface area (Å²) in [5.74, 6) is -0.340. The van der Waals surface area contributed by atoms with Crippen LogP contribution in [0.25, 0.3) is 0 Å². The first-order valence-electron chi connectivity index (χ1n) is 5.76. The number of nitrogens with zero attached hydrogens (tertiary/aromatic N) is 1. The van der Waals surface area contributed by atoms with E-state index < -0.39 is 4.92 Å². The van der Waals surface area contributed by atoms with Crippen molar-refractivity contribution in [1.82, 2.24) is 5.32 Å². The average molecular weight is 251 g/mol. The molecule has 18 heavy (non-hydrogen) atoms. The second kappa shape index (κ2) is 6.00. The molecule has 2 N–H and O–H groups in total. The van der Waals surface area contributed by atoms with Gasteiger partial charge < -0.3 is 10.6 Å². The lowest BCUT2D eigenvalue weighted by atomic mass is 10.1. The first-order chi connectivity index (χ1) is 8.49. The Morgan fingerprint density at radius 3 is 2.67 bits per heavy atom. The zero-order chi connectivity index (χ0) is 13.7. The van der Waals surface area contributed by atoms with E-state index >= 15 is 0 Å². The first kappa shape index (κ1) is 14.0. The Bertz CT molecular complexity index is 460. The van der Waals surface area contributed by atoms with Crippen LogP contribution in [-0.2, 0) is 0 Å². The highest BCUT2D eigenvalue weighted by atomic mass is 16.6. The van der Waals surface area contributed by atoms with Gasteiger partial charge in [-0.2, -0.15) is 0 Å². The highest BCUT2D eigenvalue weighted by molar-refractivity contribution is 5.95. The standard InChI is InChI=1S/C12H17N3O3/c1-4-8(2)14-10-6-5-9(12(16)13-3)7-11(10)15(17)18/h5-8,14H,4H2,1-3H3,(H,13,16). The monoisotopic (exact) mass is 251 g/mol. The third-order valence-corrected chi connectivity index (χ3v) is 2.70. The van der Waals surface area contributed by atoms with E-state index in [1.54, 1.807) is 12.1 Å². The van der Waals surface area contributed by atoms with Crippen LogP contribution < -0.4 is 10.6 Å². The van der Waals surface area contributed by atoms with Crippen LogP contribution in [0.15, 0.2) is 18.2 Å². The molecule has 0 saturated carbocycles. The maximum absolute atomic E-state index is 11.4. The van der Waals surface area contributed by atoms with Crippen molar-refractivity contribution in [3.05, 3.63) is 33.9 Å². The van der Waals surface area contributed by atoms with Gasteiger partial charge >= 0.3 is 0 Å². The normalized spacial score (nSPS) is 11.7. The Balaban J connectivity index is 3.12. The van der Waals surface area contributed by atoms with Crippen LogP contribution in [0.3, 0.4) is 0 Å². The minimum Gasteiger partial charge on any atom is -0.377 e. The number of nitro groups is 1. The molecule has 0 heterocycles. The second-order valence-corrected chi connectivity index (χ2v) is 4.02. The molecule has 0 saturated heterocycles. The molecule has 0 bridgehead atoms. The van der Waals surface area contributed by atoms with Crippen LogP contribution in [0.1, 0.15) is 30.6 Å². The molecule has 1 atom stereocenters. The van der Waals surface area contributed by atoms with Crippen molar-refractivity contribution in [2.45, 2.75) is 26.3 Å². The van der Waals surface area contributed by atoms with Crippen molar-refractivity contribution < 1.29 is 9.72 Å². The average Bonchev–Trinajstić information content (AvgIpc) is 2.37. The Morgan fingerprint density at radius 1 is 1.50 bits per heavy atom. The Morgan fingerprint density at radius 2 is 2.17 bits per heavy atom. The molecule has 1 aromatic carbocycles.